The van der Waals surface area contributed by atoms with Crippen molar-refractivity contribution in [3.8, 4) is 0 Å². The molecule has 4 heteroatoms. The minimum absolute atomic E-state index is 0.0617. The number of aromatic nitrogens is 2. The monoisotopic (exact) mass is 195 g/mol. The summed E-state index contributed by atoms with van der Waals surface area (Å²) in [6, 6.07) is 0. The van der Waals surface area contributed by atoms with Crippen molar-refractivity contribution >= 4 is 0 Å². The Labute approximate surface area is 83.7 Å². The first-order chi connectivity index (χ1) is 6.60. The molecule has 78 valence electrons. The van der Waals surface area contributed by atoms with Crippen LogP contribution in [0.25, 0.3) is 0 Å². The number of nitrogens with two attached hydrogens (primary N) is 1. The van der Waals surface area contributed by atoms with Gasteiger partial charge in [-0.2, -0.15) is 5.10 Å². The molecule has 1 aliphatic carbocycles. The van der Waals surface area contributed by atoms with Gasteiger partial charge in [-0.05, 0) is 19.8 Å². The highest BCUT2D eigenvalue weighted by atomic mass is 16.3. The van der Waals surface area contributed by atoms with E-state index in [1.165, 1.54) is 0 Å². The van der Waals surface area contributed by atoms with E-state index >= 15 is 0 Å². The third-order valence-corrected chi connectivity index (χ3v) is 3.45. The van der Waals surface area contributed by atoms with Crippen LogP contribution in [0.4, 0.5) is 0 Å². The fraction of sp³-hybridized carbons (Fsp3) is 0.700. The molecule has 2 rings (SSSR count). The minimum atomic E-state index is -0.443. The highest BCUT2D eigenvalue weighted by molar-refractivity contribution is 5.23. The van der Waals surface area contributed by atoms with Gasteiger partial charge in [-0.25, -0.2) is 0 Å². The molecular formula is C10H17N3O. The smallest absolute Gasteiger partial charge is 0.0891 e. The Morgan fingerprint density at radius 2 is 2.36 bits per heavy atom. The standard InChI is InChI=1S/C10H17N3O/c1-7-8(5-12-13(7)2)9(14)10(6-11)3-4-10/h5,9,14H,3-4,6,11H2,1-2H3. The molecule has 1 aliphatic rings. The molecule has 14 heavy (non-hydrogen) atoms. The summed E-state index contributed by atoms with van der Waals surface area (Å²) in [7, 11) is 1.88. The van der Waals surface area contributed by atoms with Gasteiger partial charge in [0.1, 0.15) is 0 Å². The van der Waals surface area contributed by atoms with Crippen LogP contribution in [-0.2, 0) is 7.05 Å². The fourth-order valence-electron chi connectivity index (χ4n) is 1.86. The number of hydrogen-bond acceptors (Lipinski definition) is 3. The molecule has 3 N–H and O–H groups in total. The molecular weight excluding hydrogens is 178 g/mol. The zero-order valence-corrected chi connectivity index (χ0v) is 8.70. The minimum Gasteiger partial charge on any atom is -0.388 e. The van der Waals surface area contributed by atoms with Gasteiger partial charge in [0.25, 0.3) is 0 Å². The first-order valence-electron chi connectivity index (χ1n) is 4.97. The van der Waals surface area contributed by atoms with Gasteiger partial charge in [-0.1, -0.05) is 0 Å². The van der Waals surface area contributed by atoms with Crippen LogP contribution in [-0.4, -0.2) is 21.4 Å². The first-order valence-corrected chi connectivity index (χ1v) is 4.97. The molecule has 1 heterocycles. The third-order valence-electron chi connectivity index (χ3n) is 3.45. The maximum absolute atomic E-state index is 10.2. The Balaban J connectivity index is 2.27. The van der Waals surface area contributed by atoms with Crippen molar-refractivity contribution in [2.45, 2.75) is 25.9 Å². The van der Waals surface area contributed by atoms with Gasteiger partial charge in [0.15, 0.2) is 0 Å². The van der Waals surface area contributed by atoms with E-state index in [0.29, 0.717) is 6.54 Å². The molecule has 0 aliphatic heterocycles. The van der Waals surface area contributed by atoms with Gasteiger partial charge in [-0.3, -0.25) is 4.68 Å². The van der Waals surface area contributed by atoms with Gasteiger partial charge < -0.3 is 10.8 Å². The van der Waals surface area contributed by atoms with Crippen molar-refractivity contribution in [3.63, 3.8) is 0 Å². The number of rotatable bonds is 3. The van der Waals surface area contributed by atoms with Crippen molar-refractivity contribution in [3.05, 3.63) is 17.5 Å². The summed E-state index contributed by atoms with van der Waals surface area (Å²) in [4.78, 5) is 0. The van der Waals surface area contributed by atoms with Crippen LogP contribution in [0.1, 0.15) is 30.2 Å². The Bertz CT molecular complexity index is 341. The summed E-state index contributed by atoms with van der Waals surface area (Å²) in [5, 5.41) is 14.3. The fourth-order valence-corrected chi connectivity index (χ4v) is 1.86. The van der Waals surface area contributed by atoms with Crippen molar-refractivity contribution in [1.82, 2.24) is 9.78 Å². The maximum Gasteiger partial charge on any atom is 0.0891 e. The van der Waals surface area contributed by atoms with E-state index in [1.54, 1.807) is 10.9 Å². The summed E-state index contributed by atoms with van der Waals surface area (Å²) in [5.74, 6) is 0. The van der Waals surface area contributed by atoms with Crippen LogP contribution in [0.2, 0.25) is 0 Å². The van der Waals surface area contributed by atoms with Crippen LogP contribution >= 0.6 is 0 Å². The summed E-state index contributed by atoms with van der Waals surface area (Å²) in [5.41, 5.74) is 7.57. The predicted molar refractivity (Wildman–Crippen MR) is 53.6 cm³/mol. The lowest BCUT2D eigenvalue weighted by molar-refractivity contribution is 0.0968. The van der Waals surface area contributed by atoms with Crippen molar-refractivity contribution in [2.75, 3.05) is 6.54 Å². The predicted octanol–water partition coefficient (Wildman–Crippen LogP) is 0.501. The van der Waals surface area contributed by atoms with E-state index in [9.17, 15) is 5.11 Å². The van der Waals surface area contributed by atoms with Crippen LogP contribution in [0, 0.1) is 12.3 Å². The zero-order chi connectivity index (χ0) is 10.3. The quantitative estimate of drug-likeness (QED) is 0.738. The van der Waals surface area contributed by atoms with Crippen molar-refractivity contribution in [1.29, 1.82) is 0 Å². The Morgan fingerprint density at radius 1 is 1.71 bits per heavy atom. The molecule has 0 spiro atoms. The summed E-state index contributed by atoms with van der Waals surface area (Å²) >= 11 is 0. The molecule has 0 saturated heterocycles. The molecule has 0 amide bonds. The van der Waals surface area contributed by atoms with E-state index in [1.807, 2.05) is 14.0 Å². The van der Waals surface area contributed by atoms with E-state index in [2.05, 4.69) is 5.10 Å². The zero-order valence-electron chi connectivity index (χ0n) is 8.70. The highest BCUT2D eigenvalue weighted by Gasteiger charge is 2.49. The van der Waals surface area contributed by atoms with E-state index in [4.69, 9.17) is 5.73 Å². The SMILES string of the molecule is Cc1c(C(O)C2(CN)CC2)cnn1C. The first kappa shape index (κ1) is 9.68. The van der Waals surface area contributed by atoms with Gasteiger partial charge in [0, 0.05) is 30.3 Å². The maximum atomic E-state index is 10.2. The van der Waals surface area contributed by atoms with Crippen molar-refractivity contribution < 1.29 is 5.11 Å². The summed E-state index contributed by atoms with van der Waals surface area (Å²) in [6.07, 6.45) is 3.36. The van der Waals surface area contributed by atoms with Crippen LogP contribution in [0.15, 0.2) is 6.20 Å². The van der Waals surface area contributed by atoms with Gasteiger partial charge in [0.05, 0.1) is 12.3 Å². The number of hydrogen-bond donors (Lipinski definition) is 2. The number of aryl methyl sites for hydroxylation is 1. The second-order valence-corrected chi connectivity index (χ2v) is 4.28. The lowest BCUT2D eigenvalue weighted by atomic mass is 9.93. The number of aliphatic hydroxyl groups is 1. The van der Waals surface area contributed by atoms with Crippen molar-refractivity contribution in [2.24, 2.45) is 18.2 Å². The van der Waals surface area contributed by atoms with Gasteiger partial charge in [-0.15, -0.1) is 0 Å². The number of aliphatic hydroxyl groups excluding tert-OH is 1. The molecule has 1 aromatic heterocycles. The largest absolute Gasteiger partial charge is 0.388 e. The molecule has 1 fully saturated rings. The molecule has 0 bridgehead atoms. The average molecular weight is 195 g/mol. The lowest BCUT2D eigenvalue weighted by Gasteiger charge is -2.20. The third kappa shape index (κ3) is 1.26. The second-order valence-electron chi connectivity index (χ2n) is 4.28. The Kier molecular flexibility index (Phi) is 2.12. The number of nitrogens with zero attached hydrogens (tertiary/aromatic N) is 2. The molecule has 1 unspecified atom stereocenters. The molecule has 1 atom stereocenters. The Morgan fingerprint density at radius 3 is 2.71 bits per heavy atom. The van der Waals surface area contributed by atoms with Crippen LogP contribution in [0.5, 0.6) is 0 Å². The van der Waals surface area contributed by atoms with Crippen LogP contribution < -0.4 is 5.73 Å². The molecule has 4 nitrogen and oxygen atoms in total. The van der Waals surface area contributed by atoms with Gasteiger partial charge >= 0.3 is 0 Å². The Hall–Kier alpha value is -0.870. The normalized spacial score (nSPS) is 20.9. The summed E-state index contributed by atoms with van der Waals surface area (Å²) < 4.78 is 1.78. The van der Waals surface area contributed by atoms with E-state index in [0.717, 1.165) is 24.1 Å². The molecule has 1 aromatic rings. The molecule has 0 aromatic carbocycles. The highest BCUT2D eigenvalue weighted by Crippen LogP contribution is 2.54. The topological polar surface area (TPSA) is 64.1 Å². The molecule has 0 radical (unpaired) electrons. The van der Waals surface area contributed by atoms with E-state index in [-0.39, 0.29) is 5.41 Å². The average Bonchev–Trinajstić information content (AvgIpc) is 2.91. The van der Waals surface area contributed by atoms with E-state index < -0.39 is 6.10 Å². The second kappa shape index (κ2) is 3.07. The lowest BCUT2D eigenvalue weighted by Crippen LogP contribution is -2.23. The van der Waals surface area contributed by atoms with Gasteiger partial charge in [0.2, 0.25) is 0 Å². The molecule has 1 saturated carbocycles. The summed E-state index contributed by atoms with van der Waals surface area (Å²) in [6.45, 7) is 2.53. The van der Waals surface area contributed by atoms with Crippen LogP contribution in [0.3, 0.4) is 0 Å².